The number of piperidine rings is 1. The van der Waals surface area contributed by atoms with Crippen LogP contribution < -0.4 is 10.5 Å². The van der Waals surface area contributed by atoms with E-state index < -0.39 is 0 Å². The summed E-state index contributed by atoms with van der Waals surface area (Å²) in [7, 11) is 1.73. The van der Waals surface area contributed by atoms with E-state index in [1.54, 1.807) is 7.11 Å². The fraction of sp³-hybridized carbons (Fsp3) is 0.667. The van der Waals surface area contributed by atoms with Crippen molar-refractivity contribution in [2.75, 3.05) is 20.2 Å². The van der Waals surface area contributed by atoms with Crippen LogP contribution in [0.1, 0.15) is 50.1 Å². The molecule has 0 amide bonds. The highest BCUT2D eigenvalue weighted by atomic mass is 16.5. The molecule has 0 radical (unpaired) electrons. The largest absolute Gasteiger partial charge is 0.497 e. The Bertz CT molecular complexity index is 460. The molecule has 1 aliphatic carbocycles. The number of hydrogen-bond donors (Lipinski definition) is 1. The molecule has 3 rings (SSSR count). The van der Waals surface area contributed by atoms with Gasteiger partial charge in [0.15, 0.2) is 0 Å². The highest BCUT2D eigenvalue weighted by Crippen LogP contribution is 2.39. The first-order valence-electron chi connectivity index (χ1n) is 8.43. The second-order valence-corrected chi connectivity index (χ2v) is 6.52. The lowest BCUT2D eigenvalue weighted by molar-refractivity contribution is 0.0275. The van der Waals surface area contributed by atoms with Crippen LogP contribution in [0.2, 0.25) is 0 Å². The van der Waals surface area contributed by atoms with Crippen LogP contribution in [0.15, 0.2) is 24.3 Å². The van der Waals surface area contributed by atoms with Gasteiger partial charge in [0.05, 0.1) is 7.11 Å². The van der Waals surface area contributed by atoms with E-state index in [0.717, 1.165) is 17.7 Å². The topological polar surface area (TPSA) is 38.5 Å². The predicted octanol–water partition coefficient (Wildman–Crippen LogP) is 3.35. The summed E-state index contributed by atoms with van der Waals surface area (Å²) in [6.07, 6.45) is 8.30. The van der Waals surface area contributed by atoms with Gasteiger partial charge in [-0.3, -0.25) is 4.90 Å². The van der Waals surface area contributed by atoms with Crippen LogP contribution in [0, 0.1) is 5.92 Å². The Morgan fingerprint density at radius 2 is 2.05 bits per heavy atom. The molecule has 1 unspecified atom stereocenters. The summed E-state index contributed by atoms with van der Waals surface area (Å²) in [5.74, 6) is 1.83. The molecule has 1 aromatic rings. The summed E-state index contributed by atoms with van der Waals surface area (Å²) in [5.41, 5.74) is 7.47. The van der Waals surface area contributed by atoms with E-state index in [1.807, 2.05) is 6.07 Å². The number of rotatable bonds is 4. The molecule has 116 valence electrons. The van der Waals surface area contributed by atoms with Crippen LogP contribution in [0.3, 0.4) is 0 Å². The zero-order chi connectivity index (χ0) is 14.7. The van der Waals surface area contributed by atoms with E-state index in [4.69, 9.17) is 10.5 Å². The van der Waals surface area contributed by atoms with Gasteiger partial charge in [-0.1, -0.05) is 25.0 Å². The van der Waals surface area contributed by atoms with Crippen molar-refractivity contribution in [3.63, 3.8) is 0 Å². The quantitative estimate of drug-likeness (QED) is 0.923. The zero-order valence-electron chi connectivity index (χ0n) is 13.1. The van der Waals surface area contributed by atoms with E-state index in [1.165, 1.54) is 50.6 Å². The maximum absolute atomic E-state index is 6.17. The van der Waals surface area contributed by atoms with Crippen molar-refractivity contribution in [1.29, 1.82) is 0 Å². The Kier molecular flexibility index (Phi) is 4.81. The first kappa shape index (κ1) is 14.9. The fourth-order valence-corrected chi connectivity index (χ4v) is 4.36. The van der Waals surface area contributed by atoms with E-state index in [9.17, 15) is 0 Å². The first-order chi connectivity index (χ1) is 10.3. The smallest absolute Gasteiger partial charge is 0.119 e. The van der Waals surface area contributed by atoms with Crippen LogP contribution in [0.4, 0.5) is 0 Å². The zero-order valence-corrected chi connectivity index (χ0v) is 13.1. The van der Waals surface area contributed by atoms with Gasteiger partial charge in [-0.15, -0.1) is 0 Å². The number of nitrogens with zero attached hydrogens (tertiary/aromatic N) is 1. The van der Waals surface area contributed by atoms with Gasteiger partial charge in [-0.25, -0.2) is 0 Å². The molecule has 3 heteroatoms. The van der Waals surface area contributed by atoms with Gasteiger partial charge < -0.3 is 10.5 Å². The molecule has 1 aliphatic heterocycles. The van der Waals surface area contributed by atoms with Gasteiger partial charge >= 0.3 is 0 Å². The Labute approximate surface area is 128 Å². The SMILES string of the molecule is COc1cccc(C(CN)N2CCC[C@H]3CCCC[C@H]32)c1. The molecule has 3 nitrogen and oxygen atoms in total. The molecule has 0 aromatic heterocycles. The first-order valence-corrected chi connectivity index (χ1v) is 8.43. The predicted molar refractivity (Wildman–Crippen MR) is 86.5 cm³/mol. The van der Waals surface area contributed by atoms with Crippen molar-refractivity contribution in [2.24, 2.45) is 11.7 Å². The average molecular weight is 288 g/mol. The van der Waals surface area contributed by atoms with E-state index >= 15 is 0 Å². The van der Waals surface area contributed by atoms with Crippen molar-refractivity contribution < 1.29 is 4.74 Å². The summed E-state index contributed by atoms with van der Waals surface area (Å²) in [5, 5.41) is 0. The molecule has 3 atom stereocenters. The molecule has 1 saturated heterocycles. The van der Waals surface area contributed by atoms with Crippen LogP contribution in [-0.2, 0) is 0 Å². The minimum Gasteiger partial charge on any atom is -0.497 e. The van der Waals surface area contributed by atoms with Gasteiger partial charge in [-0.05, 0) is 55.8 Å². The van der Waals surface area contributed by atoms with Crippen molar-refractivity contribution in [3.8, 4) is 5.75 Å². The summed E-state index contributed by atoms with van der Waals surface area (Å²) in [4.78, 5) is 2.70. The third-order valence-electron chi connectivity index (χ3n) is 5.39. The highest BCUT2D eigenvalue weighted by Gasteiger charge is 2.36. The number of likely N-dealkylation sites (tertiary alicyclic amines) is 1. The Balaban J connectivity index is 1.83. The third-order valence-corrected chi connectivity index (χ3v) is 5.39. The molecule has 0 bridgehead atoms. The molecule has 2 N–H and O–H groups in total. The number of ether oxygens (including phenoxy) is 1. The van der Waals surface area contributed by atoms with Crippen LogP contribution >= 0.6 is 0 Å². The van der Waals surface area contributed by atoms with E-state index in [-0.39, 0.29) is 0 Å². The van der Waals surface area contributed by atoms with Crippen molar-refractivity contribution >= 4 is 0 Å². The highest BCUT2D eigenvalue weighted by molar-refractivity contribution is 5.31. The molecule has 0 spiro atoms. The molecule has 21 heavy (non-hydrogen) atoms. The van der Waals surface area contributed by atoms with Gasteiger partial charge in [-0.2, -0.15) is 0 Å². The van der Waals surface area contributed by atoms with Crippen LogP contribution in [0.25, 0.3) is 0 Å². The Morgan fingerprint density at radius 1 is 1.24 bits per heavy atom. The minimum atomic E-state index is 0.339. The van der Waals surface area contributed by atoms with Crippen LogP contribution in [0.5, 0.6) is 5.75 Å². The van der Waals surface area contributed by atoms with E-state index in [0.29, 0.717) is 12.6 Å². The number of hydrogen-bond acceptors (Lipinski definition) is 3. The molecule has 2 aliphatic rings. The molecular weight excluding hydrogens is 260 g/mol. The number of fused-ring (bicyclic) bond motifs is 1. The second-order valence-electron chi connectivity index (χ2n) is 6.52. The summed E-state index contributed by atoms with van der Waals surface area (Å²) in [6, 6.07) is 9.53. The lowest BCUT2D eigenvalue weighted by atomic mass is 9.77. The fourth-order valence-electron chi connectivity index (χ4n) is 4.36. The summed E-state index contributed by atoms with van der Waals surface area (Å²) in [6.45, 7) is 1.89. The second kappa shape index (κ2) is 6.80. The van der Waals surface area contributed by atoms with Crippen LogP contribution in [-0.4, -0.2) is 31.1 Å². The standard InChI is InChI=1S/C18H28N2O/c1-21-16-9-4-7-15(12-16)18(13-19)20-11-5-8-14-6-2-3-10-17(14)20/h4,7,9,12,14,17-18H,2-3,5-6,8,10-11,13,19H2,1H3/t14-,17-,18?/m1/s1. The molecule has 1 heterocycles. The van der Waals surface area contributed by atoms with E-state index in [2.05, 4.69) is 23.1 Å². The molecule has 1 saturated carbocycles. The molecule has 1 aromatic carbocycles. The average Bonchev–Trinajstić information content (AvgIpc) is 2.56. The van der Waals surface area contributed by atoms with Gasteiger partial charge in [0.2, 0.25) is 0 Å². The monoisotopic (exact) mass is 288 g/mol. The normalized spacial score (nSPS) is 27.9. The van der Waals surface area contributed by atoms with Gasteiger partial charge in [0.1, 0.15) is 5.75 Å². The summed E-state index contributed by atoms with van der Waals surface area (Å²) >= 11 is 0. The number of benzene rings is 1. The third kappa shape index (κ3) is 3.09. The van der Waals surface area contributed by atoms with Gasteiger partial charge in [0.25, 0.3) is 0 Å². The lowest BCUT2D eigenvalue weighted by Crippen LogP contribution is -2.49. The Morgan fingerprint density at radius 3 is 2.86 bits per heavy atom. The minimum absolute atomic E-state index is 0.339. The maximum atomic E-state index is 6.17. The van der Waals surface area contributed by atoms with Crippen molar-refractivity contribution in [2.45, 2.75) is 50.6 Å². The number of methoxy groups -OCH3 is 1. The lowest BCUT2D eigenvalue weighted by Gasteiger charge is -2.47. The Hall–Kier alpha value is -1.06. The maximum Gasteiger partial charge on any atom is 0.119 e. The van der Waals surface area contributed by atoms with Crippen molar-refractivity contribution in [1.82, 2.24) is 4.90 Å². The summed E-state index contributed by atoms with van der Waals surface area (Å²) < 4.78 is 5.38. The molecule has 2 fully saturated rings. The van der Waals surface area contributed by atoms with Crippen molar-refractivity contribution in [3.05, 3.63) is 29.8 Å². The molecular formula is C18H28N2O. The van der Waals surface area contributed by atoms with Gasteiger partial charge in [0, 0.05) is 18.6 Å². The number of nitrogens with two attached hydrogens (primary N) is 1.